The van der Waals surface area contributed by atoms with E-state index < -0.39 is 6.03 Å². The Balaban J connectivity index is 2.30. The Morgan fingerprint density at radius 3 is 2.65 bits per heavy atom. The first-order valence-electron chi connectivity index (χ1n) is 7.60. The predicted octanol–water partition coefficient (Wildman–Crippen LogP) is 2.86. The maximum Gasteiger partial charge on any atom is 0.312 e. The molecular weight excluding hydrogens is 362 g/mol. The summed E-state index contributed by atoms with van der Waals surface area (Å²) in [4.78, 5) is 22.4. The minimum atomic E-state index is -0.512. The van der Waals surface area contributed by atoms with Gasteiger partial charge in [0.05, 0.1) is 17.6 Å². The lowest BCUT2D eigenvalue weighted by Gasteiger charge is -2.15. The molecule has 0 aromatic heterocycles. The van der Waals surface area contributed by atoms with Crippen LogP contribution in [0.15, 0.2) is 22.7 Å². The molecule has 128 valence electrons. The first-order valence-corrected chi connectivity index (χ1v) is 8.39. The minimum absolute atomic E-state index is 0.0206. The van der Waals surface area contributed by atoms with Crippen LogP contribution in [-0.2, 0) is 4.79 Å². The zero-order valence-corrected chi connectivity index (χ0v) is 15.1. The van der Waals surface area contributed by atoms with E-state index in [1.807, 2.05) is 25.1 Å². The van der Waals surface area contributed by atoms with Crippen molar-refractivity contribution < 1.29 is 14.3 Å². The van der Waals surface area contributed by atoms with Gasteiger partial charge >= 0.3 is 6.03 Å². The number of unbranched alkanes of at least 4 members (excludes halogenated alkanes) is 2. The summed E-state index contributed by atoms with van der Waals surface area (Å²) in [6.45, 7) is 2.50. The van der Waals surface area contributed by atoms with Crippen LogP contribution in [0.25, 0.3) is 0 Å². The fourth-order valence-electron chi connectivity index (χ4n) is 2.15. The van der Waals surface area contributed by atoms with Crippen LogP contribution >= 0.6 is 15.9 Å². The molecule has 0 heterocycles. The van der Waals surface area contributed by atoms with E-state index in [1.165, 1.54) is 0 Å². The van der Waals surface area contributed by atoms with Gasteiger partial charge in [0, 0.05) is 13.0 Å². The highest BCUT2D eigenvalue weighted by Crippen LogP contribution is 2.27. The molecule has 6 nitrogen and oxygen atoms in total. The van der Waals surface area contributed by atoms with Crippen molar-refractivity contribution in [2.45, 2.75) is 38.6 Å². The van der Waals surface area contributed by atoms with Gasteiger partial charge in [-0.3, -0.25) is 4.79 Å². The van der Waals surface area contributed by atoms with E-state index in [0.717, 1.165) is 35.0 Å². The van der Waals surface area contributed by atoms with Crippen LogP contribution in [0.2, 0.25) is 0 Å². The van der Waals surface area contributed by atoms with E-state index in [0.29, 0.717) is 13.0 Å². The number of ether oxygens (including phenoxy) is 1. The van der Waals surface area contributed by atoms with Gasteiger partial charge in [-0.15, -0.1) is 0 Å². The SMILES string of the molecule is COc1ccc([C@@H](C)NC(=O)CCCCCNC(N)=O)cc1Br. The molecule has 0 saturated heterocycles. The van der Waals surface area contributed by atoms with Crippen molar-refractivity contribution in [2.24, 2.45) is 5.73 Å². The number of amides is 3. The van der Waals surface area contributed by atoms with E-state index >= 15 is 0 Å². The van der Waals surface area contributed by atoms with Gasteiger partial charge in [-0.2, -0.15) is 0 Å². The molecule has 1 atom stereocenters. The molecule has 0 radical (unpaired) electrons. The van der Waals surface area contributed by atoms with Gasteiger partial charge in [-0.25, -0.2) is 4.79 Å². The third-order valence-electron chi connectivity index (χ3n) is 3.43. The highest BCUT2D eigenvalue weighted by molar-refractivity contribution is 9.10. The Hall–Kier alpha value is -1.76. The van der Waals surface area contributed by atoms with Crippen LogP contribution in [0.4, 0.5) is 4.79 Å². The number of nitrogens with two attached hydrogens (primary N) is 1. The number of benzene rings is 1. The summed E-state index contributed by atoms with van der Waals surface area (Å²) in [5.41, 5.74) is 5.98. The van der Waals surface area contributed by atoms with Gasteiger partial charge in [-0.1, -0.05) is 12.5 Å². The number of halogens is 1. The lowest BCUT2D eigenvalue weighted by Crippen LogP contribution is -2.30. The fourth-order valence-corrected chi connectivity index (χ4v) is 2.71. The Labute approximate surface area is 145 Å². The van der Waals surface area contributed by atoms with Gasteiger partial charge < -0.3 is 21.1 Å². The normalized spacial score (nSPS) is 11.6. The molecular formula is C16H24BrN3O3. The summed E-state index contributed by atoms with van der Waals surface area (Å²) in [5.74, 6) is 0.782. The smallest absolute Gasteiger partial charge is 0.312 e. The van der Waals surface area contributed by atoms with E-state index in [-0.39, 0.29) is 11.9 Å². The average molecular weight is 386 g/mol. The van der Waals surface area contributed by atoms with E-state index in [4.69, 9.17) is 10.5 Å². The second kappa shape index (κ2) is 10.1. The van der Waals surface area contributed by atoms with E-state index in [2.05, 4.69) is 26.6 Å². The van der Waals surface area contributed by atoms with E-state index in [1.54, 1.807) is 7.11 Å². The number of urea groups is 1. The first-order chi connectivity index (χ1) is 10.9. The fraction of sp³-hybridized carbons (Fsp3) is 0.500. The molecule has 1 rings (SSSR count). The van der Waals surface area contributed by atoms with Gasteiger partial charge in [0.2, 0.25) is 5.91 Å². The van der Waals surface area contributed by atoms with Crippen LogP contribution in [-0.4, -0.2) is 25.6 Å². The van der Waals surface area contributed by atoms with Crippen molar-refractivity contribution in [3.8, 4) is 5.75 Å². The van der Waals surface area contributed by atoms with Crippen molar-refractivity contribution in [3.63, 3.8) is 0 Å². The maximum absolute atomic E-state index is 11.9. The highest BCUT2D eigenvalue weighted by atomic mass is 79.9. The summed E-state index contributed by atoms with van der Waals surface area (Å²) < 4.78 is 6.05. The lowest BCUT2D eigenvalue weighted by molar-refractivity contribution is -0.121. The monoisotopic (exact) mass is 385 g/mol. The molecule has 4 N–H and O–H groups in total. The Bertz CT molecular complexity index is 537. The van der Waals surface area contributed by atoms with Gasteiger partial charge in [0.15, 0.2) is 0 Å². The number of carbonyl (C=O) groups is 2. The van der Waals surface area contributed by atoms with Crippen molar-refractivity contribution >= 4 is 27.9 Å². The molecule has 0 aliphatic rings. The molecule has 0 saturated carbocycles. The molecule has 0 aliphatic heterocycles. The number of rotatable bonds is 9. The zero-order chi connectivity index (χ0) is 17.2. The molecule has 0 unspecified atom stereocenters. The lowest BCUT2D eigenvalue weighted by atomic mass is 10.1. The Morgan fingerprint density at radius 2 is 2.04 bits per heavy atom. The predicted molar refractivity (Wildman–Crippen MR) is 93.3 cm³/mol. The van der Waals surface area contributed by atoms with Crippen LogP contribution in [0.1, 0.15) is 44.2 Å². The molecule has 0 aliphatic carbocycles. The van der Waals surface area contributed by atoms with E-state index in [9.17, 15) is 9.59 Å². The Morgan fingerprint density at radius 1 is 1.30 bits per heavy atom. The van der Waals surface area contributed by atoms with Crippen molar-refractivity contribution in [1.29, 1.82) is 0 Å². The standard InChI is InChI=1S/C16H24BrN3O3/c1-11(12-7-8-14(23-2)13(17)10-12)20-15(21)6-4-3-5-9-19-16(18)22/h7-8,10-11H,3-6,9H2,1-2H3,(H,20,21)(H3,18,19,22)/t11-/m1/s1. The third-order valence-corrected chi connectivity index (χ3v) is 4.05. The van der Waals surface area contributed by atoms with Crippen molar-refractivity contribution in [2.75, 3.05) is 13.7 Å². The highest BCUT2D eigenvalue weighted by Gasteiger charge is 2.11. The number of primary amides is 1. The van der Waals surface area contributed by atoms with Crippen molar-refractivity contribution in [1.82, 2.24) is 10.6 Å². The molecule has 3 amide bonds. The Kier molecular flexibility index (Phi) is 8.47. The molecule has 0 fully saturated rings. The van der Waals surface area contributed by atoms with Gasteiger partial charge in [0.1, 0.15) is 5.75 Å². The second-order valence-corrected chi connectivity index (χ2v) is 6.14. The van der Waals surface area contributed by atoms with Gasteiger partial charge in [0.25, 0.3) is 0 Å². The number of methoxy groups -OCH3 is 1. The molecule has 0 spiro atoms. The van der Waals surface area contributed by atoms with Crippen LogP contribution in [0.5, 0.6) is 5.75 Å². The summed E-state index contributed by atoms with van der Waals surface area (Å²) in [6, 6.07) is 5.17. The minimum Gasteiger partial charge on any atom is -0.496 e. The summed E-state index contributed by atoms with van der Waals surface area (Å²) >= 11 is 3.44. The molecule has 23 heavy (non-hydrogen) atoms. The van der Waals surface area contributed by atoms with Crippen LogP contribution < -0.4 is 21.1 Å². The quantitative estimate of drug-likeness (QED) is 0.570. The van der Waals surface area contributed by atoms with Crippen molar-refractivity contribution in [3.05, 3.63) is 28.2 Å². The maximum atomic E-state index is 11.9. The summed E-state index contributed by atoms with van der Waals surface area (Å²) in [7, 11) is 1.62. The van der Waals surface area contributed by atoms with Gasteiger partial charge in [-0.05, 0) is 53.4 Å². The topological polar surface area (TPSA) is 93.4 Å². The zero-order valence-electron chi connectivity index (χ0n) is 13.5. The molecule has 1 aromatic rings. The number of nitrogens with one attached hydrogen (secondary N) is 2. The average Bonchev–Trinajstić information content (AvgIpc) is 2.50. The van der Waals surface area contributed by atoms with Crippen LogP contribution in [0.3, 0.4) is 0 Å². The largest absolute Gasteiger partial charge is 0.496 e. The summed E-state index contributed by atoms with van der Waals surface area (Å²) in [6.07, 6.45) is 2.94. The number of hydrogen-bond donors (Lipinski definition) is 3. The van der Waals surface area contributed by atoms with Crippen LogP contribution in [0, 0.1) is 0 Å². The summed E-state index contributed by atoms with van der Waals surface area (Å²) in [5, 5.41) is 5.51. The second-order valence-electron chi connectivity index (χ2n) is 5.28. The molecule has 7 heteroatoms. The third kappa shape index (κ3) is 7.36. The first kappa shape index (κ1) is 19.3. The molecule has 1 aromatic carbocycles. The number of hydrogen-bond acceptors (Lipinski definition) is 3. The molecule has 0 bridgehead atoms. The number of carbonyl (C=O) groups excluding carboxylic acids is 2.